The van der Waals surface area contributed by atoms with E-state index in [-0.39, 0.29) is 17.3 Å². The number of carbonyl (C=O) groups excluding carboxylic acids is 2. The molecule has 136 valence electrons. The fourth-order valence-corrected chi connectivity index (χ4v) is 6.61. The van der Waals surface area contributed by atoms with E-state index < -0.39 is 0 Å². The standard InChI is InChI=1S/C21H29NO2S/c1-3-4-6-22(13-18-14(2)5-7-25-18)20(24)21-10-15-8-16(11-21)19(23)17(9-15)12-21/h5,7,15-17H,3-4,6,8-13H2,1-2H3. The van der Waals surface area contributed by atoms with E-state index in [9.17, 15) is 9.59 Å². The molecule has 0 aliphatic heterocycles. The Morgan fingerprint density at radius 1 is 1.28 bits per heavy atom. The van der Waals surface area contributed by atoms with Gasteiger partial charge in [0.15, 0.2) is 0 Å². The van der Waals surface area contributed by atoms with Crippen LogP contribution in [0.4, 0.5) is 0 Å². The first-order chi connectivity index (χ1) is 12.0. The third-order valence-electron chi connectivity index (χ3n) is 6.82. The molecule has 1 aromatic rings. The normalized spacial score (nSPS) is 33.0. The van der Waals surface area contributed by atoms with E-state index in [1.54, 1.807) is 11.3 Å². The summed E-state index contributed by atoms with van der Waals surface area (Å²) < 4.78 is 0. The molecule has 4 fully saturated rings. The average molecular weight is 360 g/mol. The fraction of sp³-hybridized carbons (Fsp3) is 0.714. The Bertz CT molecular complexity index is 661. The van der Waals surface area contributed by atoms with Gasteiger partial charge in [-0.05, 0) is 68.4 Å². The second-order valence-electron chi connectivity index (χ2n) is 8.63. The number of thiophene rings is 1. The topological polar surface area (TPSA) is 37.4 Å². The zero-order valence-electron chi connectivity index (χ0n) is 15.4. The third kappa shape index (κ3) is 2.97. The number of carbonyl (C=O) groups is 2. The maximum Gasteiger partial charge on any atom is 0.229 e. The molecule has 5 rings (SSSR count). The van der Waals surface area contributed by atoms with Crippen molar-refractivity contribution in [1.29, 1.82) is 0 Å². The predicted molar refractivity (Wildman–Crippen MR) is 100 cm³/mol. The van der Waals surface area contributed by atoms with Gasteiger partial charge in [0.1, 0.15) is 5.78 Å². The molecule has 1 amide bonds. The van der Waals surface area contributed by atoms with Crippen molar-refractivity contribution in [2.45, 2.75) is 65.3 Å². The first-order valence-corrected chi connectivity index (χ1v) is 10.8. The highest BCUT2D eigenvalue weighted by Gasteiger charge is 2.58. The molecule has 2 atom stereocenters. The van der Waals surface area contributed by atoms with Crippen molar-refractivity contribution in [3.05, 3.63) is 21.9 Å². The van der Waals surface area contributed by atoms with Crippen molar-refractivity contribution in [2.24, 2.45) is 23.2 Å². The van der Waals surface area contributed by atoms with Crippen LogP contribution in [0.3, 0.4) is 0 Å². The maximum atomic E-state index is 13.7. The Balaban J connectivity index is 1.57. The molecule has 0 N–H and O–H groups in total. The number of hydrogen-bond donors (Lipinski definition) is 0. The van der Waals surface area contributed by atoms with Crippen LogP contribution in [0.15, 0.2) is 11.4 Å². The van der Waals surface area contributed by atoms with Crippen molar-refractivity contribution >= 4 is 23.0 Å². The van der Waals surface area contributed by atoms with Gasteiger partial charge in [0.25, 0.3) is 0 Å². The molecule has 4 aliphatic rings. The SMILES string of the molecule is CCCCN(Cc1sccc1C)C(=O)C12CC3CC(C1)C(=O)C(C3)C2. The first-order valence-electron chi connectivity index (χ1n) is 9.88. The van der Waals surface area contributed by atoms with Crippen LogP contribution < -0.4 is 0 Å². The molecule has 25 heavy (non-hydrogen) atoms. The Morgan fingerprint density at radius 2 is 2.00 bits per heavy atom. The van der Waals surface area contributed by atoms with Gasteiger partial charge in [-0.15, -0.1) is 11.3 Å². The van der Waals surface area contributed by atoms with Crippen LogP contribution in [0.1, 0.15) is 62.3 Å². The van der Waals surface area contributed by atoms with E-state index in [1.807, 2.05) is 0 Å². The highest BCUT2D eigenvalue weighted by Crippen LogP contribution is 2.59. The molecule has 4 bridgehead atoms. The summed E-state index contributed by atoms with van der Waals surface area (Å²) in [6, 6.07) is 2.14. The third-order valence-corrected chi connectivity index (χ3v) is 7.83. The lowest BCUT2D eigenvalue weighted by atomic mass is 9.48. The lowest BCUT2D eigenvalue weighted by Crippen LogP contribution is -2.57. The molecule has 4 aliphatic carbocycles. The lowest BCUT2D eigenvalue weighted by molar-refractivity contribution is -0.164. The van der Waals surface area contributed by atoms with Gasteiger partial charge in [-0.1, -0.05) is 13.3 Å². The molecule has 2 unspecified atom stereocenters. The quantitative estimate of drug-likeness (QED) is 0.745. The number of ketones is 1. The van der Waals surface area contributed by atoms with Gasteiger partial charge in [-0.2, -0.15) is 0 Å². The van der Waals surface area contributed by atoms with E-state index in [2.05, 4.69) is 30.2 Å². The van der Waals surface area contributed by atoms with E-state index in [4.69, 9.17) is 0 Å². The molecular formula is C21H29NO2S. The summed E-state index contributed by atoms with van der Waals surface area (Å²) in [5.74, 6) is 1.77. The van der Waals surface area contributed by atoms with Gasteiger partial charge in [0.05, 0.1) is 12.0 Å². The molecule has 4 heteroatoms. The largest absolute Gasteiger partial charge is 0.337 e. The summed E-state index contributed by atoms with van der Waals surface area (Å²) in [6.07, 6.45) is 6.92. The molecule has 4 saturated carbocycles. The minimum atomic E-state index is -0.233. The minimum absolute atomic E-state index is 0.173. The van der Waals surface area contributed by atoms with Crippen LogP contribution in [0.5, 0.6) is 0 Å². The summed E-state index contributed by atoms with van der Waals surface area (Å²) >= 11 is 1.76. The number of nitrogens with zero attached hydrogens (tertiary/aromatic N) is 1. The molecule has 0 saturated heterocycles. The molecule has 0 aromatic carbocycles. The average Bonchev–Trinajstić information content (AvgIpc) is 2.99. The Hall–Kier alpha value is -1.16. The lowest BCUT2D eigenvalue weighted by Gasteiger charge is -2.55. The molecule has 0 radical (unpaired) electrons. The number of unbranched alkanes of at least 4 members (excludes halogenated alkanes) is 1. The van der Waals surface area contributed by atoms with Gasteiger partial charge >= 0.3 is 0 Å². The van der Waals surface area contributed by atoms with E-state index >= 15 is 0 Å². The Labute approximate surface area is 154 Å². The molecule has 1 heterocycles. The summed E-state index contributed by atoms with van der Waals surface area (Å²) in [6.45, 7) is 5.92. The minimum Gasteiger partial charge on any atom is -0.337 e. The van der Waals surface area contributed by atoms with E-state index in [1.165, 1.54) is 10.4 Å². The number of aryl methyl sites for hydroxylation is 1. The first kappa shape index (κ1) is 17.3. The summed E-state index contributed by atoms with van der Waals surface area (Å²) in [5, 5.41) is 2.12. The highest BCUT2D eigenvalue weighted by atomic mass is 32.1. The molecule has 0 spiro atoms. The fourth-order valence-electron chi connectivity index (χ4n) is 5.69. The van der Waals surface area contributed by atoms with E-state index in [0.29, 0.717) is 17.6 Å². The number of amides is 1. The predicted octanol–water partition coefficient (Wildman–Crippen LogP) is 4.58. The van der Waals surface area contributed by atoms with Gasteiger partial charge in [0.2, 0.25) is 5.91 Å². The summed E-state index contributed by atoms with van der Waals surface area (Å²) in [5.41, 5.74) is 1.06. The summed E-state index contributed by atoms with van der Waals surface area (Å²) in [7, 11) is 0. The highest BCUT2D eigenvalue weighted by molar-refractivity contribution is 7.10. The Morgan fingerprint density at radius 3 is 2.60 bits per heavy atom. The Kier molecular flexibility index (Phi) is 4.51. The van der Waals surface area contributed by atoms with Crippen molar-refractivity contribution in [3.8, 4) is 0 Å². The van der Waals surface area contributed by atoms with Crippen molar-refractivity contribution in [3.63, 3.8) is 0 Å². The van der Waals surface area contributed by atoms with Crippen LogP contribution in [0, 0.1) is 30.1 Å². The van der Waals surface area contributed by atoms with Crippen LogP contribution in [-0.2, 0) is 16.1 Å². The van der Waals surface area contributed by atoms with Gasteiger partial charge < -0.3 is 4.90 Å². The second-order valence-corrected chi connectivity index (χ2v) is 9.63. The molecular weight excluding hydrogens is 330 g/mol. The number of rotatable bonds is 6. The number of Topliss-reactive ketones (excluding diaryl/α,β-unsaturated/α-hetero) is 1. The molecule has 3 nitrogen and oxygen atoms in total. The van der Waals surface area contributed by atoms with Crippen molar-refractivity contribution in [1.82, 2.24) is 4.90 Å². The van der Waals surface area contributed by atoms with Crippen LogP contribution in [-0.4, -0.2) is 23.1 Å². The zero-order chi connectivity index (χ0) is 17.6. The zero-order valence-corrected chi connectivity index (χ0v) is 16.2. The monoisotopic (exact) mass is 359 g/mol. The second kappa shape index (κ2) is 6.53. The van der Waals surface area contributed by atoms with Gasteiger partial charge in [-0.25, -0.2) is 0 Å². The van der Waals surface area contributed by atoms with Crippen molar-refractivity contribution < 1.29 is 9.59 Å². The van der Waals surface area contributed by atoms with Gasteiger partial charge in [0, 0.05) is 23.3 Å². The van der Waals surface area contributed by atoms with E-state index in [0.717, 1.165) is 58.0 Å². The van der Waals surface area contributed by atoms with Gasteiger partial charge in [-0.3, -0.25) is 9.59 Å². The van der Waals surface area contributed by atoms with Crippen molar-refractivity contribution in [2.75, 3.05) is 6.54 Å². The van der Waals surface area contributed by atoms with Crippen LogP contribution in [0.25, 0.3) is 0 Å². The maximum absolute atomic E-state index is 13.7. The molecule has 1 aromatic heterocycles. The van der Waals surface area contributed by atoms with Crippen LogP contribution >= 0.6 is 11.3 Å². The van der Waals surface area contributed by atoms with Crippen LogP contribution in [0.2, 0.25) is 0 Å². The smallest absolute Gasteiger partial charge is 0.229 e. The number of hydrogen-bond acceptors (Lipinski definition) is 3. The summed E-state index contributed by atoms with van der Waals surface area (Å²) in [4.78, 5) is 29.6.